The molecule has 0 aromatic heterocycles. The predicted octanol–water partition coefficient (Wildman–Crippen LogP) is 2.59. The van der Waals surface area contributed by atoms with E-state index in [4.69, 9.17) is 4.74 Å². The third-order valence-electron chi connectivity index (χ3n) is 5.93. The molecule has 3 aliphatic rings. The molecule has 5 heteroatoms. The first-order chi connectivity index (χ1) is 12.8. The van der Waals surface area contributed by atoms with E-state index in [9.17, 15) is 0 Å². The van der Waals surface area contributed by atoms with Crippen LogP contribution in [0.2, 0.25) is 0 Å². The highest BCUT2D eigenvalue weighted by Crippen LogP contribution is 2.31. The van der Waals surface area contributed by atoms with Crippen molar-refractivity contribution in [2.24, 2.45) is 10.9 Å². The summed E-state index contributed by atoms with van der Waals surface area (Å²) >= 11 is 0. The lowest BCUT2D eigenvalue weighted by molar-refractivity contribution is 0.129. The van der Waals surface area contributed by atoms with Gasteiger partial charge in [-0.3, -0.25) is 4.99 Å². The summed E-state index contributed by atoms with van der Waals surface area (Å²) < 4.78 is 6.11. The van der Waals surface area contributed by atoms with Crippen LogP contribution in [-0.2, 0) is 0 Å². The van der Waals surface area contributed by atoms with E-state index in [2.05, 4.69) is 20.1 Å². The van der Waals surface area contributed by atoms with Gasteiger partial charge >= 0.3 is 0 Å². The molecule has 142 valence electrons. The van der Waals surface area contributed by atoms with Crippen molar-refractivity contribution in [3.05, 3.63) is 30.3 Å². The molecule has 1 aromatic carbocycles. The molecule has 1 saturated carbocycles. The minimum atomic E-state index is 0.314. The molecule has 26 heavy (non-hydrogen) atoms. The van der Waals surface area contributed by atoms with E-state index in [0.29, 0.717) is 6.10 Å². The molecule has 3 fully saturated rings. The van der Waals surface area contributed by atoms with Crippen LogP contribution in [0.5, 0.6) is 5.75 Å². The van der Waals surface area contributed by atoms with Gasteiger partial charge in [-0.25, -0.2) is 0 Å². The number of likely N-dealkylation sites (tertiary alicyclic amines) is 2. The van der Waals surface area contributed by atoms with Crippen LogP contribution in [0.4, 0.5) is 0 Å². The van der Waals surface area contributed by atoms with Crippen LogP contribution in [-0.4, -0.2) is 67.7 Å². The fourth-order valence-corrected chi connectivity index (χ4v) is 4.25. The minimum absolute atomic E-state index is 0.314. The third-order valence-corrected chi connectivity index (χ3v) is 5.93. The zero-order valence-corrected chi connectivity index (χ0v) is 15.9. The standard InChI is InChI=1S/C21H32N4O/c1-22-21(23-15-17-9-12-25(16-17)18-7-8-18)24-13-10-20(11-14-24)26-19-5-3-2-4-6-19/h2-6,17-18,20H,7-16H2,1H3,(H,22,23). The Balaban J connectivity index is 1.20. The average Bonchev–Trinajstić information content (AvgIpc) is 3.43. The molecule has 2 aliphatic heterocycles. The molecular weight excluding hydrogens is 324 g/mol. The number of nitrogens with zero attached hydrogens (tertiary/aromatic N) is 3. The highest BCUT2D eigenvalue weighted by molar-refractivity contribution is 5.80. The predicted molar refractivity (Wildman–Crippen MR) is 106 cm³/mol. The Morgan fingerprint density at radius 3 is 2.54 bits per heavy atom. The number of piperidine rings is 1. The number of nitrogens with one attached hydrogen (secondary N) is 1. The Hall–Kier alpha value is -1.75. The number of hydrogen-bond acceptors (Lipinski definition) is 3. The first-order valence-corrected chi connectivity index (χ1v) is 10.2. The summed E-state index contributed by atoms with van der Waals surface area (Å²) in [5.74, 6) is 2.81. The highest BCUT2D eigenvalue weighted by atomic mass is 16.5. The largest absolute Gasteiger partial charge is 0.490 e. The van der Waals surface area contributed by atoms with Crippen molar-refractivity contribution in [1.29, 1.82) is 0 Å². The molecule has 5 nitrogen and oxygen atoms in total. The van der Waals surface area contributed by atoms with Crippen molar-refractivity contribution in [2.75, 3.05) is 39.8 Å². The maximum atomic E-state index is 6.11. The van der Waals surface area contributed by atoms with Crippen LogP contribution in [0.15, 0.2) is 35.3 Å². The zero-order valence-electron chi connectivity index (χ0n) is 15.9. The van der Waals surface area contributed by atoms with Crippen LogP contribution >= 0.6 is 0 Å². The molecule has 0 bridgehead atoms. The number of para-hydroxylation sites is 1. The Bertz CT molecular complexity index is 593. The monoisotopic (exact) mass is 356 g/mol. The van der Waals surface area contributed by atoms with E-state index in [-0.39, 0.29) is 0 Å². The van der Waals surface area contributed by atoms with Crippen LogP contribution in [0.1, 0.15) is 32.1 Å². The molecule has 0 amide bonds. The van der Waals surface area contributed by atoms with Gasteiger partial charge in [-0.05, 0) is 43.9 Å². The molecule has 2 heterocycles. The Morgan fingerprint density at radius 1 is 1.08 bits per heavy atom. The van der Waals surface area contributed by atoms with Crippen molar-refractivity contribution >= 4 is 5.96 Å². The molecule has 1 aliphatic carbocycles. The normalized spacial score (nSPS) is 25.5. The van der Waals surface area contributed by atoms with Crippen LogP contribution in [0, 0.1) is 5.92 Å². The summed E-state index contributed by atoms with van der Waals surface area (Å²) in [7, 11) is 1.90. The molecular formula is C21H32N4O. The Kier molecular flexibility index (Phi) is 5.63. The van der Waals surface area contributed by atoms with Crippen LogP contribution < -0.4 is 10.1 Å². The molecule has 1 N–H and O–H groups in total. The second-order valence-electron chi connectivity index (χ2n) is 7.93. The van der Waals surface area contributed by atoms with Crippen molar-refractivity contribution in [3.63, 3.8) is 0 Å². The summed E-state index contributed by atoms with van der Waals surface area (Å²) in [5.41, 5.74) is 0. The fraction of sp³-hybridized carbons (Fsp3) is 0.667. The van der Waals surface area contributed by atoms with Crippen LogP contribution in [0.3, 0.4) is 0 Å². The van der Waals surface area contributed by atoms with Crippen molar-refractivity contribution < 1.29 is 4.74 Å². The van der Waals surface area contributed by atoms with Gasteiger partial charge in [-0.2, -0.15) is 0 Å². The van der Waals surface area contributed by atoms with Crippen molar-refractivity contribution in [2.45, 2.75) is 44.2 Å². The number of benzene rings is 1. The first kappa shape index (κ1) is 17.7. The van der Waals surface area contributed by atoms with E-state index >= 15 is 0 Å². The maximum absolute atomic E-state index is 6.11. The zero-order chi connectivity index (χ0) is 17.8. The van der Waals surface area contributed by atoms with Crippen molar-refractivity contribution in [1.82, 2.24) is 15.1 Å². The summed E-state index contributed by atoms with van der Waals surface area (Å²) in [6.07, 6.45) is 6.58. The maximum Gasteiger partial charge on any atom is 0.193 e. The number of hydrogen-bond donors (Lipinski definition) is 1. The van der Waals surface area contributed by atoms with E-state index in [1.807, 2.05) is 37.4 Å². The molecule has 1 unspecified atom stereocenters. The summed E-state index contributed by atoms with van der Waals surface area (Å²) in [4.78, 5) is 9.59. The van der Waals surface area contributed by atoms with Gasteiger partial charge in [0.1, 0.15) is 11.9 Å². The smallest absolute Gasteiger partial charge is 0.193 e. The van der Waals surface area contributed by atoms with Crippen LogP contribution in [0.25, 0.3) is 0 Å². The van der Waals surface area contributed by atoms with E-state index in [1.165, 1.54) is 32.4 Å². The molecule has 1 aromatic rings. The lowest BCUT2D eigenvalue weighted by atomic mass is 10.1. The molecule has 4 rings (SSSR count). The second kappa shape index (κ2) is 8.30. The van der Waals surface area contributed by atoms with Crippen molar-refractivity contribution in [3.8, 4) is 5.75 Å². The number of ether oxygens (including phenoxy) is 1. The van der Waals surface area contributed by atoms with Gasteiger partial charge in [0.15, 0.2) is 5.96 Å². The fourth-order valence-electron chi connectivity index (χ4n) is 4.25. The third kappa shape index (κ3) is 4.50. The molecule has 0 radical (unpaired) electrons. The van der Waals surface area contributed by atoms with Gasteiger partial charge in [0.05, 0.1) is 0 Å². The Morgan fingerprint density at radius 2 is 1.85 bits per heavy atom. The number of guanidine groups is 1. The topological polar surface area (TPSA) is 40.1 Å². The SMILES string of the molecule is CN=C(NCC1CCN(C2CC2)C1)N1CCC(Oc2ccccc2)CC1. The highest BCUT2D eigenvalue weighted by Gasteiger charge is 2.34. The summed E-state index contributed by atoms with van der Waals surface area (Å²) in [5, 5.41) is 3.63. The van der Waals surface area contributed by atoms with E-state index in [0.717, 1.165) is 56.1 Å². The Labute approximate surface area is 157 Å². The molecule has 2 saturated heterocycles. The van der Waals surface area contributed by atoms with Gasteiger partial charge in [0, 0.05) is 52.1 Å². The number of aliphatic imine (C=N–C) groups is 1. The first-order valence-electron chi connectivity index (χ1n) is 10.2. The van der Waals surface area contributed by atoms with Gasteiger partial charge in [0.2, 0.25) is 0 Å². The van der Waals surface area contributed by atoms with Gasteiger partial charge in [-0.1, -0.05) is 18.2 Å². The lowest BCUT2D eigenvalue weighted by Gasteiger charge is -2.34. The minimum Gasteiger partial charge on any atom is -0.490 e. The molecule has 0 spiro atoms. The van der Waals surface area contributed by atoms with E-state index < -0.39 is 0 Å². The summed E-state index contributed by atoms with van der Waals surface area (Å²) in [6.45, 7) is 5.63. The average molecular weight is 357 g/mol. The van der Waals surface area contributed by atoms with Gasteiger partial charge in [0.25, 0.3) is 0 Å². The summed E-state index contributed by atoms with van der Waals surface area (Å²) in [6, 6.07) is 11.1. The molecule has 1 atom stereocenters. The van der Waals surface area contributed by atoms with E-state index in [1.54, 1.807) is 0 Å². The second-order valence-corrected chi connectivity index (χ2v) is 7.93. The quantitative estimate of drug-likeness (QED) is 0.650. The number of rotatable bonds is 5. The van der Waals surface area contributed by atoms with Gasteiger partial charge < -0.3 is 19.9 Å². The lowest BCUT2D eigenvalue weighted by Crippen LogP contribution is -2.48. The van der Waals surface area contributed by atoms with Gasteiger partial charge in [-0.15, -0.1) is 0 Å².